The molecule has 7 aromatic rings. The van der Waals surface area contributed by atoms with Gasteiger partial charge in [0.1, 0.15) is 0 Å². The predicted octanol–water partition coefficient (Wildman–Crippen LogP) is 11.9. The van der Waals surface area contributed by atoms with Gasteiger partial charge in [0.2, 0.25) is 0 Å². The van der Waals surface area contributed by atoms with Crippen LogP contribution in [0.3, 0.4) is 0 Å². The van der Waals surface area contributed by atoms with Crippen LogP contribution in [0.15, 0.2) is 133 Å². The quantitative estimate of drug-likeness (QED) is 0.193. The first-order chi connectivity index (χ1) is 21.5. The average Bonchev–Trinajstić information content (AvgIpc) is 3.29. The normalized spacial score (nSPS) is 14.1. The Morgan fingerprint density at radius 1 is 0.500 bits per heavy atom. The molecule has 1 aliphatic carbocycles. The number of anilines is 3. The minimum absolute atomic E-state index is 0.0649. The smallest absolute Gasteiger partial charge is 0.151 e. The SMILES string of the molecule is Cc1ccc2c(N3c4ccccc4Oc4ccccc43)c3ccccc3c(-c3cccc4c3-c3ccccc3C4(C)C)c2c1. The molecule has 1 heterocycles. The van der Waals surface area contributed by atoms with Gasteiger partial charge < -0.3 is 9.64 Å². The van der Waals surface area contributed by atoms with Crippen LogP contribution in [-0.4, -0.2) is 0 Å². The van der Waals surface area contributed by atoms with Crippen molar-refractivity contribution in [2.45, 2.75) is 26.2 Å². The van der Waals surface area contributed by atoms with E-state index in [1.54, 1.807) is 0 Å². The van der Waals surface area contributed by atoms with E-state index in [1.807, 2.05) is 12.1 Å². The zero-order chi connectivity index (χ0) is 29.6. The minimum Gasteiger partial charge on any atom is -0.453 e. The third kappa shape index (κ3) is 3.37. The Kier molecular flexibility index (Phi) is 5.20. The summed E-state index contributed by atoms with van der Waals surface area (Å²) >= 11 is 0. The van der Waals surface area contributed by atoms with E-state index in [0.29, 0.717) is 0 Å². The monoisotopic (exact) mass is 565 g/mol. The molecule has 7 aromatic carbocycles. The van der Waals surface area contributed by atoms with Crippen LogP contribution in [0.1, 0.15) is 30.5 Å². The molecule has 0 saturated heterocycles. The van der Waals surface area contributed by atoms with Gasteiger partial charge in [0, 0.05) is 16.2 Å². The maximum absolute atomic E-state index is 6.43. The van der Waals surface area contributed by atoms with Crippen molar-refractivity contribution in [3.05, 3.63) is 150 Å². The number of hydrogen-bond acceptors (Lipinski definition) is 2. The number of hydrogen-bond donors (Lipinski definition) is 0. The van der Waals surface area contributed by atoms with Gasteiger partial charge in [-0.25, -0.2) is 0 Å². The molecule has 0 bridgehead atoms. The van der Waals surface area contributed by atoms with Crippen LogP contribution in [0.4, 0.5) is 17.1 Å². The lowest BCUT2D eigenvalue weighted by molar-refractivity contribution is 0.477. The second-order valence-corrected chi connectivity index (χ2v) is 12.6. The summed E-state index contributed by atoms with van der Waals surface area (Å²) in [5.74, 6) is 1.72. The molecular formula is C42H31NO. The molecular weight excluding hydrogens is 534 g/mol. The molecule has 2 nitrogen and oxygen atoms in total. The Labute approximate surface area is 257 Å². The number of rotatable bonds is 2. The third-order valence-corrected chi connectivity index (χ3v) is 9.68. The van der Waals surface area contributed by atoms with Crippen LogP contribution in [-0.2, 0) is 5.41 Å². The molecule has 2 aliphatic rings. The first-order valence-corrected chi connectivity index (χ1v) is 15.4. The van der Waals surface area contributed by atoms with Crippen molar-refractivity contribution < 1.29 is 4.74 Å². The molecule has 0 N–H and O–H groups in total. The van der Waals surface area contributed by atoms with Crippen molar-refractivity contribution in [1.29, 1.82) is 0 Å². The largest absolute Gasteiger partial charge is 0.453 e. The summed E-state index contributed by atoms with van der Waals surface area (Å²) in [6.07, 6.45) is 0. The number of ether oxygens (including phenoxy) is 1. The van der Waals surface area contributed by atoms with Crippen molar-refractivity contribution in [2.24, 2.45) is 0 Å². The highest BCUT2D eigenvalue weighted by Gasteiger charge is 2.37. The second-order valence-electron chi connectivity index (χ2n) is 12.6. The summed E-state index contributed by atoms with van der Waals surface area (Å²) in [5.41, 5.74) is 12.5. The highest BCUT2D eigenvalue weighted by Crippen LogP contribution is 2.57. The van der Waals surface area contributed by atoms with Crippen LogP contribution in [0.25, 0.3) is 43.8 Å². The summed E-state index contributed by atoms with van der Waals surface area (Å²) in [5, 5.41) is 4.95. The first-order valence-electron chi connectivity index (χ1n) is 15.4. The highest BCUT2D eigenvalue weighted by molar-refractivity contribution is 6.24. The molecule has 0 aromatic heterocycles. The maximum Gasteiger partial charge on any atom is 0.151 e. The van der Waals surface area contributed by atoms with E-state index in [4.69, 9.17) is 4.74 Å². The fourth-order valence-corrected chi connectivity index (χ4v) is 7.71. The van der Waals surface area contributed by atoms with Gasteiger partial charge in [-0.3, -0.25) is 0 Å². The van der Waals surface area contributed by atoms with Crippen molar-refractivity contribution >= 4 is 38.6 Å². The van der Waals surface area contributed by atoms with Crippen LogP contribution in [0, 0.1) is 6.92 Å². The Morgan fingerprint density at radius 2 is 1.09 bits per heavy atom. The highest BCUT2D eigenvalue weighted by atomic mass is 16.5. The third-order valence-electron chi connectivity index (χ3n) is 9.68. The summed E-state index contributed by atoms with van der Waals surface area (Å²) in [6.45, 7) is 6.92. The van der Waals surface area contributed by atoms with E-state index in [-0.39, 0.29) is 5.41 Å². The van der Waals surface area contributed by atoms with E-state index in [1.165, 1.54) is 66.2 Å². The molecule has 0 spiro atoms. The summed E-state index contributed by atoms with van der Waals surface area (Å²) in [6, 6.07) is 48.5. The fraction of sp³-hybridized carbons (Fsp3) is 0.0952. The van der Waals surface area contributed by atoms with E-state index < -0.39 is 0 Å². The molecule has 0 amide bonds. The Morgan fingerprint density at radius 3 is 1.86 bits per heavy atom. The van der Waals surface area contributed by atoms with Crippen LogP contribution >= 0.6 is 0 Å². The van der Waals surface area contributed by atoms with Crippen molar-refractivity contribution in [2.75, 3.05) is 4.90 Å². The van der Waals surface area contributed by atoms with E-state index in [2.05, 4.69) is 147 Å². The molecule has 2 heteroatoms. The number of para-hydroxylation sites is 4. The zero-order valence-corrected chi connectivity index (χ0v) is 25.1. The minimum atomic E-state index is -0.0649. The second kappa shape index (κ2) is 9.08. The zero-order valence-electron chi connectivity index (χ0n) is 25.1. The standard InChI is InChI=1S/C42H31NO/c1-26-23-24-29-32(25-26)39(31-16-12-18-34-40(31)30-15-6-7-17-33(30)42(34,2)3)27-13-4-5-14-28(27)41(29)43-35-19-8-10-21-37(35)44-38-22-11-9-20-36(38)43/h4-25H,1-3H3. The van der Waals surface area contributed by atoms with Gasteiger partial charge in [0.15, 0.2) is 11.5 Å². The van der Waals surface area contributed by atoms with Crippen LogP contribution in [0.2, 0.25) is 0 Å². The number of nitrogens with zero attached hydrogens (tertiary/aromatic N) is 1. The van der Waals surface area contributed by atoms with E-state index in [0.717, 1.165) is 22.9 Å². The molecule has 0 unspecified atom stereocenters. The Hall–Kier alpha value is -5.34. The summed E-state index contributed by atoms with van der Waals surface area (Å²) in [4.78, 5) is 2.41. The van der Waals surface area contributed by atoms with Crippen molar-refractivity contribution in [3.8, 4) is 33.8 Å². The molecule has 44 heavy (non-hydrogen) atoms. The number of fused-ring (bicyclic) bond motifs is 7. The molecule has 0 atom stereocenters. The molecule has 1 aliphatic heterocycles. The summed E-state index contributed by atoms with van der Waals surface area (Å²) in [7, 11) is 0. The number of benzene rings is 7. The van der Waals surface area contributed by atoms with E-state index >= 15 is 0 Å². The Bertz CT molecular complexity index is 2270. The molecule has 0 fully saturated rings. The molecule has 0 saturated carbocycles. The number of aryl methyl sites for hydroxylation is 1. The topological polar surface area (TPSA) is 12.5 Å². The fourth-order valence-electron chi connectivity index (χ4n) is 7.71. The van der Waals surface area contributed by atoms with Crippen molar-refractivity contribution in [1.82, 2.24) is 0 Å². The van der Waals surface area contributed by atoms with Gasteiger partial charge in [-0.1, -0.05) is 129 Å². The van der Waals surface area contributed by atoms with Gasteiger partial charge in [0.05, 0.1) is 17.1 Å². The van der Waals surface area contributed by atoms with Gasteiger partial charge in [-0.2, -0.15) is 0 Å². The van der Waals surface area contributed by atoms with Gasteiger partial charge in [0.25, 0.3) is 0 Å². The van der Waals surface area contributed by atoms with E-state index in [9.17, 15) is 0 Å². The molecule has 9 rings (SSSR count). The van der Waals surface area contributed by atoms with Gasteiger partial charge >= 0.3 is 0 Å². The van der Waals surface area contributed by atoms with Gasteiger partial charge in [-0.15, -0.1) is 0 Å². The van der Waals surface area contributed by atoms with Crippen LogP contribution < -0.4 is 9.64 Å². The maximum atomic E-state index is 6.43. The average molecular weight is 566 g/mol. The predicted molar refractivity (Wildman–Crippen MR) is 184 cm³/mol. The lowest BCUT2D eigenvalue weighted by Crippen LogP contribution is -2.16. The van der Waals surface area contributed by atoms with Gasteiger partial charge in [-0.05, 0) is 75.3 Å². The van der Waals surface area contributed by atoms with Crippen molar-refractivity contribution in [3.63, 3.8) is 0 Å². The molecule has 210 valence electrons. The molecule has 0 radical (unpaired) electrons. The lowest BCUT2D eigenvalue weighted by atomic mass is 9.81. The first kappa shape index (κ1) is 25.2. The Balaban J connectivity index is 1.44. The lowest BCUT2D eigenvalue weighted by Gasteiger charge is -2.35. The van der Waals surface area contributed by atoms with Crippen LogP contribution in [0.5, 0.6) is 11.5 Å². The summed E-state index contributed by atoms with van der Waals surface area (Å²) < 4.78 is 6.43.